The highest BCUT2D eigenvalue weighted by atomic mass is 16.6. The second kappa shape index (κ2) is 10.9. The molecule has 0 unspecified atom stereocenters. The molecule has 0 aliphatic rings. The molecule has 29 heavy (non-hydrogen) atoms. The van der Waals surface area contributed by atoms with E-state index in [2.05, 4.69) is 24.4 Å². The van der Waals surface area contributed by atoms with Crippen LogP contribution in [0.5, 0.6) is 5.75 Å². The van der Waals surface area contributed by atoms with Crippen molar-refractivity contribution in [3.63, 3.8) is 0 Å². The zero-order valence-corrected chi connectivity index (χ0v) is 17.0. The van der Waals surface area contributed by atoms with Gasteiger partial charge in [0.05, 0.1) is 17.7 Å². The van der Waals surface area contributed by atoms with Crippen molar-refractivity contribution < 1.29 is 19.1 Å². The molecule has 1 N–H and O–H groups in total. The summed E-state index contributed by atoms with van der Waals surface area (Å²) in [7, 11) is 0. The third-order valence-corrected chi connectivity index (χ3v) is 4.43. The molecule has 0 heterocycles. The minimum absolute atomic E-state index is 0.165. The topological polar surface area (TPSA) is 88.4 Å². The highest BCUT2D eigenvalue weighted by molar-refractivity contribution is 5.81. The SMILES string of the molecule is CCc1ccc([C@@H](NC(=O)COC(=O)COc2ccc(C#N)cc2)C(C)C)cc1. The Kier molecular flexibility index (Phi) is 8.23. The Morgan fingerprint density at radius 2 is 1.69 bits per heavy atom. The lowest BCUT2D eigenvalue weighted by Crippen LogP contribution is -2.35. The number of amides is 1. The lowest BCUT2D eigenvalue weighted by atomic mass is 9.95. The molecule has 2 aromatic carbocycles. The Balaban J connectivity index is 1.81. The fourth-order valence-electron chi connectivity index (χ4n) is 2.77. The first kappa shape index (κ1) is 22.0. The van der Waals surface area contributed by atoms with Crippen LogP contribution in [0.2, 0.25) is 0 Å². The quantitative estimate of drug-likeness (QED) is 0.657. The lowest BCUT2D eigenvalue weighted by Gasteiger charge is -2.23. The minimum atomic E-state index is -0.641. The van der Waals surface area contributed by atoms with Crippen LogP contribution in [0, 0.1) is 17.2 Å². The number of benzene rings is 2. The molecule has 2 rings (SSSR count). The Morgan fingerprint density at radius 3 is 2.24 bits per heavy atom. The largest absolute Gasteiger partial charge is 0.482 e. The number of carbonyl (C=O) groups excluding carboxylic acids is 2. The van der Waals surface area contributed by atoms with Gasteiger partial charge in [-0.2, -0.15) is 5.26 Å². The Labute approximate surface area is 171 Å². The van der Waals surface area contributed by atoms with E-state index in [-0.39, 0.29) is 31.1 Å². The van der Waals surface area contributed by atoms with E-state index < -0.39 is 5.97 Å². The third-order valence-electron chi connectivity index (χ3n) is 4.43. The van der Waals surface area contributed by atoms with E-state index in [0.29, 0.717) is 11.3 Å². The van der Waals surface area contributed by atoms with Gasteiger partial charge >= 0.3 is 5.97 Å². The van der Waals surface area contributed by atoms with Crippen molar-refractivity contribution in [2.24, 2.45) is 5.92 Å². The minimum Gasteiger partial charge on any atom is -0.482 e. The van der Waals surface area contributed by atoms with Crippen molar-refractivity contribution in [3.8, 4) is 11.8 Å². The van der Waals surface area contributed by atoms with Gasteiger partial charge in [-0.15, -0.1) is 0 Å². The molecule has 0 saturated carbocycles. The van der Waals surface area contributed by atoms with Gasteiger partial charge in [0.25, 0.3) is 5.91 Å². The summed E-state index contributed by atoms with van der Waals surface area (Å²) < 4.78 is 10.3. The summed E-state index contributed by atoms with van der Waals surface area (Å²) >= 11 is 0. The van der Waals surface area contributed by atoms with E-state index in [9.17, 15) is 9.59 Å². The molecule has 0 aliphatic carbocycles. The zero-order valence-electron chi connectivity index (χ0n) is 17.0. The van der Waals surface area contributed by atoms with Crippen LogP contribution in [0.15, 0.2) is 48.5 Å². The number of nitrogens with zero attached hydrogens (tertiary/aromatic N) is 1. The van der Waals surface area contributed by atoms with Gasteiger partial charge in [-0.25, -0.2) is 4.79 Å². The van der Waals surface area contributed by atoms with E-state index in [1.54, 1.807) is 24.3 Å². The molecule has 0 radical (unpaired) electrons. The monoisotopic (exact) mass is 394 g/mol. The number of esters is 1. The summed E-state index contributed by atoms with van der Waals surface area (Å²) in [6.07, 6.45) is 0.958. The van der Waals surface area contributed by atoms with E-state index >= 15 is 0 Å². The summed E-state index contributed by atoms with van der Waals surface area (Å²) in [5, 5.41) is 11.7. The number of carbonyl (C=O) groups is 2. The second-order valence-electron chi connectivity index (χ2n) is 6.97. The fourth-order valence-corrected chi connectivity index (χ4v) is 2.77. The van der Waals surface area contributed by atoms with Crippen molar-refractivity contribution >= 4 is 11.9 Å². The number of hydrogen-bond donors (Lipinski definition) is 1. The van der Waals surface area contributed by atoms with Gasteiger partial charge < -0.3 is 14.8 Å². The number of aryl methyl sites for hydroxylation is 1. The average molecular weight is 394 g/mol. The molecule has 0 aliphatic heterocycles. The molecule has 0 saturated heterocycles. The van der Waals surface area contributed by atoms with Crippen molar-refractivity contribution in [3.05, 3.63) is 65.2 Å². The maximum atomic E-state index is 12.2. The number of nitrogens with one attached hydrogen (secondary N) is 1. The summed E-state index contributed by atoms with van der Waals surface area (Å²) in [4.78, 5) is 24.1. The van der Waals surface area contributed by atoms with Gasteiger partial charge in [-0.3, -0.25) is 4.79 Å². The van der Waals surface area contributed by atoms with Crippen LogP contribution in [-0.4, -0.2) is 25.1 Å². The Hall–Kier alpha value is -3.33. The number of hydrogen-bond acceptors (Lipinski definition) is 5. The van der Waals surface area contributed by atoms with Gasteiger partial charge in [0.2, 0.25) is 0 Å². The van der Waals surface area contributed by atoms with Crippen molar-refractivity contribution in [2.45, 2.75) is 33.2 Å². The average Bonchev–Trinajstić information content (AvgIpc) is 2.74. The van der Waals surface area contributed by atoms with Crippen LogP contribution < -0.4 is 10.1 Å². The van der Waals surface area contributed by atoms with Crippen molar-refractivity contribution in [2.75, 3.05) is 13.2 Å². The number of nitriles is 1. The fraction of sp³-hybridized carbons (Fsp3) is 0.348. The highest BCUT2D eigenvalue weighted by Gasteiger charge is 2.19. The van der Waals surface area contributed by atoms with Gasteiger partial charge in [0.15, 0.2) is 13.2 Å². The molecule has 152 valence electrons. The van der Waals surface area contributed by atoms with E-state index in [1.165, 1.54) is 5.56 Å². The standard InChI is InChI=1S/C23H26N2O4/c1-4-17-5-9-19(10-6-17)23(16(2)3)25-21(26)14-29-22(27)15-28-20-11-7-18(13-24)8-12-20/h5-12,16,23H,4,14-15H2,1-3H3,(H,25,26)/t23-/m0/s1. The van der Waals surface area contributed by atoms with Crippen LogP contribution in [0.4, 0.5) is 0 Å². The van der Waals surface area contributed by atoms with E-state index in [1.807, 2.05) is 32.0 Å². The molecular weight excluding hydrogens is 368 g/mol. The van der Waals surface area contributed by atoms with Crippen LogP contribution >= 0.6 is 0 Å². The van der Waals surface area contributed by atoms with Gasteiger partial charge in [-0.1, -0.05) is 45.0 Å². The van der Waals surface area contributed by atoms with Gasteiger partial charge in [0, 0.05) is 0 Å². The van der Waals surface area contributed by atoms with E-state index in [0.717, 1.165) is 12.0 Å². The van der Waals surface area contributed by atoms with Gasteiger partial charge in [-0.05, 0) is 47.7 Å². The molecule has 1 atom stereocenters. The summed E-state index contributed by atoms with van der Waals surface area (Å²) in [6, 6.07) is 16.3. The molecule has 0 bridgehead atoms. The van der Waals surface area contributed by atoms with Crippen LogP contribution in [0.25, 0.3) is 0 Å². The predicted molar refractivity (Wildman–Crippen MR) is 109 cm³/mol. The second-order valence-corrected chi connectivity index (χ2v) is 6.97. The van der Waals surface area contributed by atoms with Crippen LogP contribution in [-0.2, 0) is 20.7 Å². The molecule has 6 nitrogen and oxygen atoms in total. The summed E-state index contributed by atoms with van der Waals surface area (Å²) in [5.74, 6) is -0.379. The van der Waals surface area contributed by atoms with E-state index in [4.69, 9.17) is 14.7 Å². The maximum Gasteiger partial charge on any atom is 0.344 e. The molecule has 2 aromatic rings. The lowest BCUT2D eigenvalue weighted by molar-refractivity contribution is -0.150. The summed E-state index contributed by atoms with van der Waals surface area (Å²) in [5.41, 5.74) is 2.75. The predicted octanol–water partition coefficient (Wildman–Crippen LogP) is 3.56. The zero-order chi connectivity index (χ0) is 21.2. The molecule has 0 aromatic heterocycles. The highest BCUT2D eigenvalue weighted by Crippen LogP contribution is 2.22. The van der Waals surface area contributed by atoms with Crippen molar-refractivity contribution in [1.82, 2.24) is 5.32 Å². The number of ether oxygens (including phenoxy) is 2. The normalized spacial score (nSPS) is 11.4. The summed E-state index contributed by atoms with van der Waals surface area (Å²) in [6.45, 7) is 5.46. The first-order chi connectivity index (χ1) is 13.9. The Morgan fingerprint density at radius 1 is 1.03 bits per heavy atom. The third kappa shape index (κ3) is 6.96. The maximum absolute atomic E-state index is 12.2. The molecule has 1 amide bonds. The smallest absolute Gasteiger partial charge is 0.344 e. The van der Waals surface area contributed by atoms with Crippen molar-refractivity contribution in [1.29, 1.82) is 5.26 Å². The molecular formula is C23H26N2O4. The first-order valence-corrected chi connectivity index (χ1v) is 9.59. The first-order valence-electron chi connectivity index (χ1n) is 9.59. The van der Waals surface area contributed by atoms with Crippen LogP contribution in [0.3, 0.4) is 0 Å². The number of rotatable bonds is 9. The van der Waals surface area contributed by atoms with Gasteiger partial charge in [0.1, 0.15) is 5.75 Å². The molecule has 0 fully saturated rings. The molecule has 0 spiro atoms. The van der Waals surface area contributed by atoms with Crippen LogP contribution in [0.1, 0.15) is 43.5 Å². The molecule has 6 heteroatoms. The Bertz CT molecular complexity index is 852.